The van der Waals surface area contributed by atoms with Gasteiger partial charge in [0.05, 0.1) is 16.8 Å². The Kier molecular flexibility index (Phi) is 5.83. The smallest absolute Gasteiger partial charge is 0.266 e. The fourth-order valence-corrected chi connectivity index (χ4v) is 4.67. The Bertz CT molecular complexity index is 1030. The number of aromatic nitrogens is 1. The third kappa shape index (κ3) is 4.37. The highest BCUT2D eigenvalue weighted by molar-refractivity contribution is 7.14. The summed E-state index contributed by atoms with van der Waals surface area (Å²) in [5.74, 6) is 0.0670. The number of hydrogen-bond acceptors (Lipinski definition) is 5. The lowest BCUT2D eigenvalue weighted by Gasteiger charge is -2.21. The number of benzene rings is 1. The molecule has 3 heterocycles. The summed E-state index contributed by atoms with van der Waals surface area (Å²) in [7, 11) is 4.22. The van der Waals surface area contributed by atoms with Gasteiger partial charge in [0, 0.05) is 24.0 Å². The van der Waals surface area contributed by atoms with E-state index in [1.165, 1.54) is 23.5 Å². The van der Waals surface area contributed by atoms with Gasteiger partial charge in [0.1, 0.15) is 11.6 Å². The van der Waals surface area contributed by atoms with Gasteiger partial charge in [-0.15, -0.1) is 11.3 Å². The number of thiophene rings is 1. The lowest BCUT2D eigenvalue weighted by atomic mass is 10.1. The molecule has 1 fully saturated rings. The lowest BCUT2D eigenvalue weighted by molar-refractivity contribution is 0.103. The van der Waals surface area contributed by atoms with Crippen LogP contribution in [-0.2, 0) is 0 Å². The van der Waals surface area contributed by atoms with Crippen LogP contribution in [0.2, 0.25) is 0 Å². The molecule has 3 aromatic rings. The molecule has 4 rings (SSSR count). The highest BCUT2D eigenvalue weighted by Crippen LogP contribution is 2.31. The minimum Gasteiger partial charge on any atom is -0.369 e. The number of pyridine rings is 1. The molecule has 1 amide bonds. The van der Waals surface area contributed by atoms with Crippen molar-refractivity contribution in [2.45, 2.75) is 19.4 Å². The molecule has 1 N–H and O–H groups in total. The molecule has 0 aliphatic carbocycles. The van der Waals surface area contributed by atoms with Gasteiger partial charge >= 0.3 is 0 Å². The Morgan fingerprint density at radius 2 is 2.00 bits per heavy atom. The minimum absolute atomic E-state index is 0.189. The van der Waals surface area contributed by atoms with Crippen LogP contribution in [0, 0.1) is 12.7 Å². The zero-order valence-electron chi connectivity index (χ0n) is 17.4. The van der Waals surface area contributed by atoms with Crippen LogP contribution in [0.5, 0.6) is 0 Å². The summed E-state index contributed by atoms with van der Waals surface area (Å²) >= 11 is 1.42. The summed E-state index contributed by atoms with van der Waals surface area (Å²) < 4.78 is 13.2. The molecule has 1 unspecified atom stereocenters. The fourth-order valence-electron chi connectivity index (χ4n) is 3.73. The van der Waals surface area contributed by atoms with Crippen molar-refractivity contribution in [2.75, 3.05) is 37.4 Å². The van der Waals surface area contributed by atoms with Gasteiger partial charge in [-0.1, -0.05) is 12.1 Å². The highest BCUT2D eigenvalue weighted by atomic mass is 32.1. The maximum Gasteiger partial charge on any atom is 0.266 e. The third-order valence-electron chi connectivity index (χ3n) is 5.55. The molecule has 0 spiro atoms. The van der Waals surface area contributed by atoms with Crippen LogP contribution in [-0.4, -0.2) is 49.0 Å². The molecule has 1 aliphatic heterocycles. The number of anilines is 2. The van der Waals surface area contributed by atoms with E-state index in [4.69, 9.17) is 0 Å². The first kappa shape index (κ1) is 20.5. The van der Waals surface area contributed by atoms with E-state index in [1.54, 1.807) is 12.1 Å². The molecule has 1 saturated heterocycles. The van der Waals surface area contributed by atoms with Crippen LogP contribution in [0.15, 0.2) is 48.7 Å². The van der Waals surface area contributed by atoms with Crippen molar-refractivity contribution in [1.82, 2.24) is 9.88 Å². The summed E-state index contributed by atoms with van der Waals surface area (Å²) in [5, 5.41) is 2.88. The van der Waals surface area contributed by atoms with Crippen LogP contribution in [0.25, 0.3) is 11.1 Å². The quantitative estimate of drug-likeness (QED) is 0.648. The van der Waals surface area contributed by atoms with Gasteiger partial charge in [-0.05, 0) is 68.9 Å². The number of nitrogens with one attached hydrogen (secondary N) is 1. The first-order chi connectivity index (χ1) is 14.4. The maximum absolute atomic E-state index is 13.2. The predicted molar refractivity (Wildman–Crippen MR) is 121 cm³/mol. The molecule has 1 atom stereocenters. The van der Waals surface area contributed by atoms with Gasteiger partial charge in [0.15, 0.2) is 0 Å². The molecule has 0 saturated carbocycles. The van der Waals surface area contributed by atoms with Crippen LogP contribution in [0.1, 0.15) is 21.0 Å². The number of carbonyl (C=O) groups is 1. The summed E-state index contributed by atoms with van der Waals surface area (Å²) in [6.07, 6.45) is 2.96. The lowest BCUT2D eigenvalue weighted by Crippen LogP contribution is -2.31. The van der Waals surface area contributed by atoms with Crippen LogP contribution >= 0.6 is 11.3 Å². The number of hydrogen-bond donors (Lipinski definition) is 1. The van der Waals surface area contributed by atoms with Gasteiger partial charge < -0.3 is 15.1 Å². The Balaban J connectivity index is 1.43. The molecule has 0 bridgehead atoms. The second-order valence-electron chi connectivity index (χ2n) is 7.80. The molecule has 30 heavy (non-hydrogen) atoms. The van der Waals surface area contributed by atoms with E-state index >= 15 is 0 Å². The van der Waals surface area contributed by atoms with E-state index in [0.717, 1.165) is 41.2 Å². The third-order valence-corrected chi connectivity index (χ3v) is 6.59. The van der Waals surface area contributed by atoms with E-state index in [2.05, 4.69) is 34.2 Å². The van der Waals surface area contributed by atoms with E-state index in [9.17, 15) is 9.18 Å². The summed E-state index contributed by atoms with van der Waals surface area (Å²) in [6.45, 7) is 3.96. The second kappa shape index (κ2) is 8.53. The fraction of sp³-hybridized carbons (Fsp3) is 0.304. The van der Waals surface area contributed by atoms with E-state index in [1.807, 2.05) is 31.3 Å². The molecule has 1 aliphatic rings. The topological polar surface area (TPSA) is 48.5 Å². The van der Waals surface area contributed by atoms with Crippen molar-refractivity contribution in [1.29, 1.82) is 0 Å². The number of halogens is 1. The predicted octanol–water partition coefficient (Wildman–Crippen LogP) is 4.65. The maximum atomic E-state index is 13.2. The molecule has 1 aromatic carbocycles. The normalized spacial score (nSPS) is 16.3. The number of amides is 1. The number of carbonyl (C=O) groups excluding carboxylic acids is 1. The number of rotatable bonds is 5. The molecule has 0 radical (unpaired) electrons. The van der Waals surface area contributed by atoms with Gasteiger partial charge in [0.25, 0.3) is 5.91 Å². The molecule has 5 nitrogen and oxygen atoms in total. The first-order valence-electron chi connectivity index (χ1n) is 9.96. The van der Waals surface area contributed by atoms with Gasteiger partial charge in [-0.25, -0.2) is 9.37 Å². The Morgan fingerprint density at radius 3 is 2.63 bits per heavy atom. The number of likely N-dealkylation sites (N-methyl/N-ethyl adjacent to an activating group) is 1. The largest absolute Gasteiger partial charge is 0.369 e. The van der Waals surface area contributed by atoms with Crippen molar-refractivity contribution in [3.8, 4) is 11.1 Å². The molecule has 156 valence electrons. The standard InChI is InChI=1S/C23H25FN4OS/c1-15-20(16-4-6-17(24)7-5-16)12-21(30-15)23(29)26-22-9-8-18(13-25-22)28-11-10-19(14-28)27(2)3/h4-9,12-13,19H,10-11,14H2,1-3H3,(H,25,26,29). The monoisotopic (exact) mass is 424 g/mol. The zero-order valence-corrected chi connectivity index (χ0v) is 18.2. The SMILES string of the molecule is Cc1sc(C(=O)Nc2ccc(N3CCC(N(C)C)C3)cn2)cc1-c1ccc(F)cc1. The Labute approximate surface area is 180 Å². The van der Waals surface area contributed by atoms with Crippen LogP contribution < -0.4 is 10.2 Å². The van der Waals surface area contributed by atoms with E-state index in [0.29, 0.717) is 16.7 Å². The van der Waals surface area contributed by atoms with Crippen molar-refractivity contribution in [2.24, 2.45) is 0 Å². The van der Waals surface area contributed by atoms with Crippen LogP contribution in [0.4, 0.5) is 15.9 Å². The van der Waals surface area contributed by atoms with Crippen molar-refractivity contribution in [3.05, 3.63) is 64.2 Å². The van der Waals surface area contributed by atoms with Gasteiger partial charge in [-0.2, -0.15) is 0 Å². The highest BCUT2D eigenvalue weighted by Gasteiger charge is 2.24. The first-order valence-corrected chi connectivity index (χ1v) is 10.8. The van der Waals surface area contributed by atoms with Crippen molar-refractivity contribution in [3.63, 3.8) is 0 Å². The molecule has 7 heteroatoms. The average Bonchev–Trinajstić information content (AvgIpc) is 3.37. The van der Waals surface area contributed by atoms with Crippen molar-refractivity contribution >= 4 is 28.7 Å². The summed E-state index contributed by atoms with van der Waals surface area (Å²) in [6, 6.07) is 12.6. The molecular formula is C23H25FN4OS. The Hall–Kier alpha value is -2.77. The second-order valence-corrected chi connectivity index (χ2v) is 9.05. The van der Waals surface area contributed by atoms with Crippen molar-refractivity contribution < 1.29 is 9.18 Å². The zero-order chi connectivity index (χ0) is 21.3. The van der Waals surface area contributed by atoms with E-state index in [-0.39, 0.29) is 11.7 Å². The van der Waals surface area contributed by atoms with Gasteiger partial charge in [-0.3, -0.25) is 4.79 Å². The Morgan fingerprint density at radius 1 is 1.23 bits per heavy atom. The number of aryl methyl sites for hydroxylation is 1. The van der Waals surface area contributed by atoms with Gasteiger partial charge in [0.2, 0.25) is 0 Å². The minimum atomic E-state index is -0.273. The summed E-state index contributed by atoms with van der Waals surface area (Å²) in [5.41, 5.74) is 2.91. The summed E-state index contributed by atoms with van der Waals surface area (Å²) in [4.78, 5) is 23.3. The molecule has 2 aromatic heterocycles. The van der Waals surface area contributed by atoms with E-state index < -0.39 is 0 Å². The van der Waals surface area contributed by atoms with Crippen LogP contribution in [0.3, 0.4) is 0 Å². The average molecular weight is 425 g/mol. The number of nitrogens with zero attached hydrogens (tertiary/aromatic N) is 3. The molecular weight excluding hydrogens is 399 g/mol.